The van der Waals surface area contributed by atoms with Gasteiger partial charge in [-0.05, 0) is 31.0 Å². The van der Waals surface area contributed by atoms with Gasteiger partial charge in [0.25, 0.3) is 0 Å². The highest BCUT2D eigenvalue weighted by Gasteiger charge is 2.14. The third-order valence-corrected chi connectivity index (χ3v) is 2.66. The molecule has 3 N–H and O–H groups in total. The Labute approximate surface area is 106 Å². The van der Waals surface area contributed by atoms with Crippen molar-refractivity contribution in [2.75, 3.05) is 19.0 Å². The van der Waals surface area contributed by atoms with Gasteiger partial charge in [-0.2, -0.15) is 0 Å². The van der Waals surface area contributed by atoms with Crippen molar-refractivity contribution < 1.29 is 9.53 Å². The second kappa shape index (κ2) is 6.59. The van der Waals surface area contributed by atoms with Gasteiger partial charge in [0, 0.05) is 24.4 Å². The molecule has 1 unspecified atom stereocenters. The maximum atomic E-state index is 11.7. The van der Waals surface area contributed by atoms with Gasteiger partial charge in [-0.25, -0.2) is 0 Å². The number of rotatable bonds is 5. The van der Waals surface area contributed by atoms with Crippen molar-refractivity contribution >= 4 is 23.2 Å². The Morgan fingerprint density at radius 3 is 2.94 bits per heavy atom. The molecule has 0 aliphatic rings. The number of nitrogens with two attached hydrogens (primary N) is 1. The SMILES string of the molecule is COCCC(N)C(=O)Nc1cc(Cl)ccc1C. The first-order valence-corrected chi connectivity index (χ1v) is 5.74. The smallest absolute Gasteiger partial charge is 0.241 e. The van der Waals surface area contributed by atoms with Gasteiger partial charge in [-0.1, -0.05) is 17.7 Å². The number of anilines is 1. The van der Waals surface area contributed by atoms with Crippen LogP contribution in [0.1, 0.15) is 12.0 Å². The van der Waals surface area contributed by atoms with Crippen LogP contribution >= 0.6 is 11.6 Å². The summed E-state index contributed by atoms with van der Waals surface area (Å²) in [6, 6.07) is 4.75. The molecule has 1 aromatic carbocycles. The summed E-state index contributed by atoms with van der Waals surface area (Å²) in [7, 11) is 1.58. The summed E-state index contributed by atoms with van der Waals surface area (Å²) in [4.78, 5) is 11.7. The highest BCUT2D eigenvalue weighted by atomic mass is 35.5. The fourth-order valence-electron chi connectivity index (χ4n) is 1.33. The average molecular weight is 257 g/mol. The average Bonchev–Trinajstić information content (AvgIpc) is 2.30. The molecule has 0 spiro atoms. The fourth-order valence-corrected chi connectivity index (χ4v) is 1.50. The van der Waals surface area contributed by atoms with Crippen LogP contribution in [0, 0.1) is 6.92 Å². The van der Waals surface area contributed by atoms with E-state index in [-0.39, 0.29) is 5.91 Å². The van der Waals surface area contributed by atoms with E-state index in [1.54, 1.807) is 19.2 Å². The Balaban J connectivity index is 2.64. The first-order valence-electron chi connectivity index (χ1n) is 5.36. The van der Waals surface area contributed by atoms with Crippen molar-refractivity contribution in [2.45, 2.75) is 19.4 Å². The molecule has 5 heteroatoms. The molecule has 1 atom stereocenters. The number of hydrogen-bond acceptors (Lipinski definition) is 3. The normalized spacial score (nSPS) is 12.2. The molecule has 0 aliphatic carbocycles. The molecule has 1 aromatic rings. The third-order valence-electron chi connectivity index (χ3n) is 2.43. The van der Waals surface area contributed by atoms with Crippen molar-refractivity contribution in [3.63, 3.8) is 0 Å². The van der Waals surface area contributed by atoms with E-state index in [4.69, 9.17) is 22.1 Å². The minimum absolute atomic E-state index is 0.229. The van der Waals surface area contributed by atoms with E-state index in [1.807, 2.05) is 13.0 Å². The van der Waals surface area contributed by atoms with Crippen LogP contribution in [0.25, 0.3) is 0 Å². The third kappa shape index (κ3) is 4.34. The number of aryl methyl sites for hydroxylation is 1. The second-order valence-corrected chi connectivity index (χ2v) is 4.27. The molecule has 0 heterocycles. The molecule has 0 bridgehead atoms. The van der Waals surface area contributed by atoms with Gasteiger partial charge in [-0.15, -0.1) is 0 Å². The lowest BCUT2D eigenvalue weighted by molar-refractivity contribution is -0.117. The van der Waals surface area contributed by atoms with E-state index in [0.29, 0.717) is 23.7 Å². The zero-order chi connectivity index (χ0) is 12.8. The minimum Gasteiger partial charge on any atom is -0.385 e. The number of halogens is 1. The monoisotopic (exact) mass is 256 g/mol. The van der Waals surface area contributed by atoms with Crippen LogP contribution in [-0.2, 0) is 9.53 Å². The lowest BCUT2D eigenvalue weighted by Crippen LogP contribution is -2.36. The highest BCUT2D eigenvalue weighted by Crippen LogP contribution is 2.20. The number of hydrogen-bond donors (Lipinski definition) is 2. The fraction of sp³-hybridized carbons (Fsp3) is 0.417. The van der Waals surface area contributed by atoms with Crippen molar-refractivity contribution in [2.24, 2.45) is 5.73 Å². The second-order valence-electron chi connectivity index (χ2n) is 3.84. The molecule has 4 nitrogen and oxygen atoms in total. The van der Waals surface area contributed by atoms with E-state index in [0.717, 1.165) is 5.56 Å². The minimum atomic E-state index is -0.576. The lowest BCUT2D eigenvalue weighted by Gasteiger charge is -2.13. The van der Waals surface area contributed by atoms with E-state index in [2.05, 4.69) is 5.32 Å². The van der Waals surface area contributed by atoms with Crippen LogP contribution in [0.15, 0.2) is 18.2 Å². The Hall–Kier alpha value is -1.10. The zero-order valence-corrected chi connectivity index (χ0v) is 10.8. The number of ether oxygens (including phenoxy) is 1. The number of methoxy groups -OCH3 is 1. The first kappa shape index (κ1) is 14.0. The van der Waals surface area contributed by atoms with E-state index < -0.39 is 6.04 Å². The lowest BCUT2D eigenvalue weighted by atomic mass is 10.1. The van der Waals surface area contributed by atoms with Crippen LogP contribution in [-0.4, -0.2) is 25.7 Å². The number of carbonyl (C=O) groups excluding carboxylic acids is 1. The Morgan fingerprint density at radius 2 is 2.29 bits per heavy atom. The standard InChI is InChI=1S/C12H17ClN2O2/c1-8-3-4-9(13)7-11(8)15-12(16)10(14)5-6-17-2/h3-4,7,10H,5-6,14H2,1-2H3,(H,15,16). The number of benzene rings is 1. The Morgan fingerprint density at radius 1 is 1.59 bits per heavy atom. The summed E-state index contributed by atoms with van der Waals surface area (Å²) < 4.78 is 4.87. The maximum absolute atomic E-state index is 11.7. The molecule has 1 rings (SSSR count). The molecule has 0 aromatic heterocycles. The number of amides is 1. The van der Waals surface area contributed by atoms with Gasteiger partial charge in [0.15, 0.2) is 0 Å². The van der Waals surface area contributed by atoms with Crippen LogP contribution < -0.4 is 11.1 Å². The molecule has 0 radical (unpaired) electrons. The van der Waals surface area contributed by atoms with Gasteiger partial charge in [0.2, 0.25) is 5.91 Å². The Kier molecular flexibility index (Phi) is 5.41. The molecule has 17 heavy (non-hydrogen) atoms. The predicted molar refractivity (Wildman–Crippen MR) is 69.3 cm³/mol. The molecule has 0 saturated carbocycles. The van der Waals surface area contributed by atoms with Crippen molar-refractivity contribution in [3.8, 4) is 0 Å². The highest BCUT2D eigenvalue weighted by molar-refractivity contribution is 6.31. The molecule has 1 amide bonds. The summed E-state index contributed by atoms with van der Waals surface area (Å²) in [5, 5.41) is 3.34. The molecule has 0 saturated heterocycles. The van der Waals surface area contributed by atoms with Crippen molar-refractivity contribution in [1.82, 2.24) is 0 Å². The van der Waals surface area contributed by atoms with Gasteiger partial charge < -0.3 is 15.8 Å². The predicted octanol–water partition coefficient (Wildman–Crippen LogP) is 1.95. The van der Waals surface area contributed by atoms with Gasteiger partial charge in [0.1, 0.15) is 0 Å². The molecule has 0 fully saturated rings. The Bertz CT molecular complexity index is 396. The van der Waals surface area contributed by atoms with Crippen LogP contribution in [0.5, 0.6) is 0 Å². The summed E-state index contributed by atoms with van der Waals surface area (Å²) in [5.74, 6) is -0.229. The van der Waals surface area contributed by atoms with E-state index in [9.17, 15) is 4.79 Å². The number of carbonyl (C=O) groups is 1. The summed E-state index contributed by atoms with van der Waals surface area (Å²) in [5.41, 5.74) is 7.35. The van der Waals surface area contributed by atoms with E-state index >= 15 is 0 Å². The van der Waals surface area contributed by atoms with Crippen LogP contribution in [0.4, 0.5) is 5.69 Å². The zero-order valence-electron chi connectivity index (χ0n) is 10.00. The van der Waals surface area contributed by atoms with Gasteiger partial charge >= 0.3 is 0 Å². The summed E-state index contributed by atoms with van der Waals surface area (Å²) in [6.45, 7) is 2.36. The summed E-state index contributed by atoms with van der Waals surface area (Å²) >= 11 is 5.86. The number of nitrogens with one attached hydrogen (secondary N) is 1. The maximum Gasteiger partial charge on any atom is 0.241 e. The quantitative estimate of drug-likeness (QED) is 0.846. The van der Waals surface area contributed by atoms with Crippen LogP contribution in [0.2, 0.25) is 5.02 Å². The topological polar surface area (TPSA) is 64.3 Å². The van der Waals surface area contributed by atoms with Crippen molar-refractivity contribution in [1.29, 1.82) is 0 Å². The summed E-state index contributed by atoms with van der Waals surface area (Å²) in [6.07, 6.45) is 0.488. The van der Waals surface area contributed by atoms with Gasteiger partial charge in [-0.3, -0.25) is 4.79 Å². The van der Waals surface area contributed by atoms with Crippen LogP contribution in [0.3, 0.4) is 0 Å². The van der Waals surface area contributed by atoms with Gasteiger partial charge in [0.05, 0.1) is 6.04 Å². The first-order chi connectivity index (χ1) is 8.04. The molecule has 94 valence electrons. The molecular weight excluding hydrogens is 240 g/mol. The molecular formula is C12H17ClN2O2. The van der Waals surface area contributed by atoms with Crippen molar-refractivity contribution in [3.05, 3.63) is 28.8 Å². The molecule has 0 aliphatic heterocycles. The largest absolute Gasteiger partial charge is 0.385 e. The van der Waals surface area contributed by atoms with E-state index in [1.165, 1.54) is 0 Å².